The maximum atomic E-state index is 12.5. The molecule has 138 valence electrons. The maximum Gasteiger partial charge on any atom is 0.244 e. The van der Waals surface area contributed by atoms with Crippen LogP contribution < -0.4 is 9.46 Å². The van der Waals surface area contributed by atoms with Gasteiger partial charge in [-0.25, -0.2) is 22.6 Å². The lowest BCUT2D eigenvalue weighted by Gasteiger charge is -2.11. The second kappa shape index (κ2) is 7.61. The maximum absolute atomic E-state index is 12.5. The lowest BCUT2D eigenvalue weighted by atomic mass is 10.2. The number of fused-ring (bicyclic) bond motifs is 1. The van der Waals surface area contributed by atoms with Crippen LogP contribution in [0.1, 0.15) is 17.7 Å². The Bertz CT molecular complexity index is 1030. The third-order valence-corrected chi connectivity index (χ3v) is 5.56. The number of rotatable bonds is 7. The third kappa shape index (κ3) is 4.14. The summed E-state index contributed by atoms with van der Waals surface area (Å²) < 4.78 is 34.4. The van der Waals surface area contributed by atoms with E-state index in [0.717, 1.165) is 16.9 Å². The van der Waals surface area contributed by atoms with E-state index < -0.39 is 10.0 Å². The first-order chi connectivity index (χ1) is 12.4. The molecule has 0 saturated carbocycles. The second-order valence-corrected chi connectivity index (χ2v) is 8.02. The fourth-order valence-corrected chi connectivity index (χ4v) is 4.10. The molecule has 3 rings (SSSR count). The van der Waals surface area contributed by atoms with Gasteiger partial charge >= 0.3 is 0 Å². The third-order valence-electron chi connectivity index (χ3n) is 3.84. The summed E-state index contributed by atoms with van der Waals surface area (Å²) in [5, 5.41) is 4.66. The highest BCUT2D eigenvalue weighted by Gasteiger charge is 2.19. The van der Waals surface area contributed by atoms with Gasteiger partial charge in [-0.2, -0.15) is 5.10 Å². The van der Waals surface area contributed by atoms with Crippen LogP contribution in [0.25, 0.3) is 5.65 Å². The Morgan fingerprint density at radius 2 is 2.12 bits per heavy atom. The Kier molecular flexibility index (Phi) is 5.45. The lowest BCUT2D eigenvalue weighted by Crippen LogP contribution is -2.25. The molecule has 0 radical (unpaired) electrons. The molecule has 0 saturated heterocycles. The van der Waals surface area contributed by atoms with Gasteiger partial charge in [-0.1, -0.05) is 11.6 Å². The first kappa shape index (κ1) is 18.6. The van der Waals surface area contributed by atoms with Crippen LogP contribution in [0.15, 0.2) is 41.6 Å². The average molecular weight is 395 g/mol. The minimum absolute atomic E-state index is 0.0302. The highest BCUT2D eigenvalue weighted by Crippen LogP contribution is 2.26. The van der Waals surface area contributed by atoms with Crippen molar-refractivity contribution in [1.29, 1.82) is 0 Å². The molecule has 9 heteroatoms. The van der Waals surface area contributed by atoms with Crippen molar-refractivity contribution in [3.63, 3.8) is 0 Å². The summed E-state index contributed by atoms with van der Waals surface area (Å²) in [6.07, 6.45) is 4.99. The van der Waals surface area contributed by atoms with Crippen molar-refractivity contribution in [3.8, 4) is 5.75 Å². The van der Waals surface area contributed by atoms with E-state index in [1.54, 1.807) is 16.8 Å². The van der Waals surface area contributed by atoms with E-state index in [0.29, 0.717) is 17.9 Å². The van der Waals surface area contributed by atoms with Crippen LogP contribution >= 0.6 is 11.6 Å². The molecular weight excluding hydrogens is 376 g/mol. The van der Waals surface area contributed by atoms with Gasteiger partial charge in [-0.3, -0.25) is 0 Å². The van der Waals surface area contributed by atoms with Crippen LogP contribution in [-0.4, -0.2) is 36.7 Å². The predicted octanol–water partition coefficient (Wildman–Crippen LogP) is 2.61. The van der Waals surface area contributed by atoms with Crippen LogP contribution in [0.4, 0.5) is 0 Å². The molecule has 1 N–H and O–H groups in total. The molecule has 26 heavy (non-hydrogen) atoms. The smallest absolute Gasteiger partial charge is 0.244 e. The largest absolute Gasteiger partial charge is 0.495 e. The average Bonchev–Trinajstić information content (AvgIpc) is 2.98. The summed E-state index contributed by atoms with van der Waals surface area (Å²) in [5.41, 5.74) is 2.68. The van der Waals surface area contributed by atoms with E-state index >= 15 is 0 Å². The van der Waals surface area contributed by atoms with E-state index in [2.05, 4.69) is 14.8 Å². The number of nitrogens with zero attached hydrogens (tertiary/aromatic N) is 3. The zero-order valence-electron chi connectivity index (χ0n) is 14.4. The number of hydrogen-bond donors (Lipinski definition) is 1. The fourth-order valence-electron chi connectivity index (χ4n) is 2.60. The van der Waals surface area contributed by atoms with Gasteiger partial charge in [0.1, 0.15) is 10.6 Å². The van der Waals surface area contributed by atoms with Gasteiger partial charge < -0.3 is 4.74 Å². The van der Waals surface area contributed by atoms with Crippen molar-refractivity contribution in [1.82, 2.24) is 19.3 Å². The molecule has 2 aromatic heterocycles. The Balaban J connectivity index is 1.62. The van der Waals surface area contributed by atoms with E-state index in [4.69, 9.17) is 16.3 Å². The molecule has 0 amide bonds. The SMILES string of the molecule is COc1ccc(Cl)cc1S(=O)(=O)NCCCc1cnc2cc(C)nn2c1. The summed E-state index contributed by atoms with van der Waals surface area (Å²) >= 11 is 5.91. The molecule has 0 bridgehead atoms. The number of benzene rings is 1. The normalized spacial score (nSPS) is 11.8. The van der Waals surface area contributed by atoms with Gasteiger partial charge in [-0.15, -0.1) is 0 Å². The summed E-state index contributed by atoms with van der Waals surface area (Å²) in [5.74, 6) is 0.255. The van der Waals surface area contributed by atoms with E-state index in [1.807, 2.05) is 19.2 Å². The number of aromatic nitrogens is 3. The Morgan fingerprint density at radius 3 is 2.88 bits per heavy atom. The highest BCUT2D eigenvalue weighted by atomic mass is 35.5. The fraction of sp³-hybridized carbons (Fsp3) is 0.294. The summed E-state index contributed by atoms with van der Waals surface area (Å²) in [4.78, 5) is 4.37. The molecule has 0 aliphatic heterocycles. The van der Waals surface area contributed by atoms with E-state index in [1.165, 1.54) is 19.2 Å². The molecule has 0 spiro atoms. The standard InChI is InChI=1S/C17H19ClN4O3S/c1-12-8-17-19-10-13(11-22(17)21-12)4-3-7-20-26(23,24)16-9-14(18)5-6-15(16)25-2/h5-6,8-11,20H,3-4,7H2,1-2H3. The number of sulfonamides is 1. The minimum Gasteiger partial charge on any atom is -0.495 e. The van der Waals surface area contributed by atoms with Gasteiger partial charge in [0.25, 0.3) is 0 Å². The van der Waals surface area contributed by atoms with Crippen LogP contribution in [0.2, 0.25) is 5.02 Å². The van der Waals surface area contributed by atoms with Crippen molar-refractivity contribution in [2.45, 2.75) is 24.7 Å². The zero-order chi connectivity index (χ0) is 18.7. The van der Waals surface area contributed by atoms with Gasteiger partial charge in [0.2, 0.25) is 10.0 Å². The molecule has 0 fully saturated rings. The van der Waals surface area contributed by atoms with Crippen molar-refractivity contribution >= 4 is 27.3 Å². The molecule has 3 aromatic rings. The van der Waals surface area contributed by atoms with Crippen LogP contribution in [0.5, 0.6) is 5.75 Å². The minimum atomic E-state index is -3.70. The summed E-state index contributed by atoms with van der Waals surface area (Å²) in [7, 11) is -2.28. The number of aryl methyl sites for hydroxylation is 2. The molecular formula is C17H19ClN4O3S. The van der Waals surface area contributed by atoms with Crippen molar-refractivity contribution in [2.75, 3.05) is 13.7 Å². The second-order valence-electron chi connectivity index (χ2n) is 5.85. The number of methoxy groups -OCH3 is 1. The van der Waals surface area contributed by atoms with Crippen molar-refractivity contribution < 1.29 is 13.2 Å². The van der Waals surface area contributed by atoms with Crippen LogP contribution in [0, 0.1) is 6.92 Å². The summed E-state index contributed by atoms with van der Waals surface area (Å²) in [6, 6.07) is 6.39. The van der Waals surface area contributed by atoms with Crippen LogP contribution in [0.3, 0.4) is 0 Å². The quantitative estimate of drug-likeness (QED) is 0.622. The van der Waals surface area contributed by atoms with Crippen molar-refractivity contribution in [3.05, 3.63) is 52.9 Å². The predicted molar refractivity (Wildman–Crippen MR) is 99.2 cm³/mol. The Hall–Kier alpha value is -2.16. The molecule has 7 nitrogen and oxygen atoms in total. The molecule has 0 aliphatic rings. The number of halogens is 1. The molecule has 0 atom stereocenters. The van der Waals surface area contributed by atoms with E-state index in [-0.39, 0.29) is 17.2 Å². The zero-order valence-corrected chi connectivity index (χ0v) is 16.0. The molecule has 1 aromatic carbocycles. The highest BCUT2D eigenvalue weighted by molar-refractivity contribution is 7.89. The number of ether oxygens (including phenoxy) is 1. The molecule has 0 unspecified atom stereocenters. The first-order valence-corrected chi connectivity index (χ1v) is 9.89. The topological polar surface area (TPSA) is 85.6 Å². The number of nitrogens with one attached hydrogen (secondary N) is 1. The van der Waals surface area contributed by atoms with Crippen LogP contribution in [-0.2, 0) is 16.4 Å². The monoisotopic (exact) mass is 394 g/mol. The van der Waals surface area contributed by atoms with Gasteiger partial charge in [0.05, 0.1) is 12.8 Å². The molecule has 2 heterocycles. The van der Waals surface area contributed by atoms with E-state index in [9.17, 15) is 8.42 Å². The van der Waals surface area contributed by atoms with Gasteiger partial charge in [0, 0.05) is 30.0 Å². The lowest BCUT2D eigenvalue weighted by molar-refractivity contribution is 0.402. The van der Waals surface area contributed by atoms with Gasteiger partial charge in [0.15, 0.2) is 5.65 Å². The molecule has 0 aliphatic carbocycles. The summed E-state index contributed by atoms with van der Waals surface area (Å²) in [6.45, 7) is 2.20. The Labute approximate surface area is 157 Å². The van der Waals surface area contributed by atoms with Gasteiger partial charge in [-0.05, 0) is 43.5 Å². The number of hydrogen-bond acceptors (Lipinski definition) is 5. The Morgan fingerprint density at radius 1 is 1.31 bits per heavy atom. The van der Waals surface area contributed by atoms with Crippen molar-refractivity contribution in [2.24, 2.45) is 0 Å². The first-order valence-electron chi connectivity index (χ1n) is 8.03.